The standard InChI is InChI=1S/C12H24O2S.2C4H9.Sn/c1-4-7-8-9-12(5-2,6-3)14-11(13)10-15;2*1-3-4-2;/h15H,4-10H2,1-3H3;2*1,3-4H2,2H3;. The molecule has 0 amide bonds. The average Bonchev–Trinajstić information content (AvgIpc) is 2.61. The molecule has 4 heteroatoms. The van der Waals surface area contributed by atoms with Gasteiger partial charge in [-0.3, -0.25) is 4.79 Å². The molecule has 0 aromatic rings. The van der Waals surface area contributed by atoms with Crippen LogP contribution in [-0.2, 0) is 9.53 Å². The quantitative estimate of drug-likeness (QED) is 0.133. The van der Waals surface area contributed by atoms with E-state index in [1.54, 1.807) is 8.87 Å². The molecule has 0 heterocycles. The van der Waals surface area contributed by atoms with Gasteiger partial charge >= 0.3 is 75.5 Å². The van der Waals surface area contributed by atoms with Gasteiger partial charge < -0.3 is 4.74 Å². The summed E-state index contributed by atoms with van der Waals surface area (Å²) in [6, 6.07) is 0. The molecule has 0 atom stereocenters. The van der Waals surface area contributed by atoms with Crippen molar-refractivity contribution in [3.63, 3.8) is 0 Å². The topological polar surface area (TPSA) is 26.3 Å². The maximum absolute atomic E-state index is 11.3. The molecule has 0 aromatic carbocycles. The monoisotopic (exact) mass is 466 g/mol. The van der Waals surface area contributed by atoms with Crippen molar-refractivity contribution in [3.05, 3.63) is 0 Å². The summed E-state index contributed by atoms with van der Waals surface area (Å²) in [6.07, 6.45) is 12.2. The molecule has 2 radical (unpaired) electrons. The van der Waals surface area contributed by atoms with Crippen LogP contribution in [0.4, 0.5) is 0 Å². The van der Waals surface area contributed by atoms with Gasteiger partial charge in [-0.15, -0.1) is 0 Å². The minimum atomic E-state index is -0.241. The van der Waals surface area contributed by atoms with E-state index in [-0.39, 0.29) is 38.5 Å². The van der Waals surface area contributed by atoms with Crippen molar-refractivity contribution >= 4 is 39.7 Å². The van der Waals surface area contributed by atoms with Gasteiger partial charge in [-0.25, -0.2) is 0 Å². The van der Waals surface area contributed by atoms with Crippen molar-refractivity contribution in [3.8, 4) is 0 Å². The molecule has 0 saturated carbocycles. The molecule has 0 fully saturated rings. The van der Waals surface area contributed by atoms with E-state index in [1.165, 1.54) is 38.5 Å². The minimum absolute atomic E-state index is 0.149. The third-order valence-electron chi connectivity index (χ3n) is 4.40. The Hall–Kier alpha value is 0.619. The Morgan fingerprint density at radius 1 is 0.875 bits per heavy atom. The summed E-state index contributed by atoms with van der Waals surface area (Å²) < 4.78 is 8.77. The Balaban J connectivity index is 0. The van der Waals surface area contributed by atoms with Crippen LogP contribution in [-0.4, -0.2) is 38.5 Å². The third-order valence-corrected chi connectivity index (χ3v) is 8.69. The second kappa shape index (κ2) is 19.9. The number of thiol groups is 1. The van der Waals surface area contributed by atoms with E-state index in [2.05, 4.69) is 47.2 Å². The number of hydrogen-bond donors (Lipinski definition) is 1. The van der Waals surface area contributed by atoms with Crippen LogP contribution < -0.4 is 0 Å². The maximum atomic E-state index is 11.3. The van der Waals surface area contributed by atoms with E-state index in [0.29, 0.717) is 0 Å². The van der Waals surface area contributed by atoms with Crippen LogP contribution >= 0.6 is 12.6 Å². The number of carbonyl (C=O) groups excluding carboxylic acids is 1. The number of rotatable bonds is 14. The van der Waals surface area contributed by atoms with E-state index in [4.69, 9.17) is 4.74 Å². The van der Waals surface area contributed by atoms with Crippen LogP contribution in [0.25, 0.3) is 0 Å². The predicted molar refractivity (Wildman–Crippen MR) is 113 cm³/mol. The Bertz CT molecular complexity index is 262. The molecule has 0 aromatic heterocycles. The van der Waals surface area contributed by atoms with E-state index < -0.39 is 0 Å². The van der Waals surface area contributed by atoms with Crippen molar-refractivity contribution < 1.29 is 9.53 Å². The summed E-state index contributed by atoms with van der Waals surface area (Å²) in [6.45, 7) is 10.9. The molecule has 2 nitrogen and oxygen atoms in total. The van der Waals surface area contributed by atoms with E-state index in [9.17, 15) is 4.79 Å². The fourth-order valence-corrected chi connectivity index (χ4v) is 6.72. The zero-order valence-electron chi connectivity index (χ0n) is 17.0. The molecule has 0 spiro atoms. The number of esters is 1. The first-order valence-corrected chi connectivity index (χ1v) is 14.8. The number of carbonyl (C=O) groups is 1. The first-order valence-electron chi connectivity index (χ1n) is 10.1. The van der Waals surface area contributed by atoms with Gasteiger partial charge in [0.05, 0.1) is 5.75 Å². The van der Waals surface area contributed by atoms with Crippen LogP contribution in [0.1, 0.15) is 98.8 Å². The number of ether oxygens (including phenoxy) is 1. The van der Waals surface area contributed by atoms with Crippen molar-refractivity contribution in [1.82, 2.24) is 0 Å². The number of unbranched alkanes of at least 4 members (excludes halogenated alkanes) is 4. The Kier molecular flexibility index (Phi) is 22.3. The second-order valence-corrected chi connectivity index (χ2v) is 11.0. The normalized spacial score (nSPS) is 10.9. The van der Waals surface area contributed by atoms with E-state index >= 15 is 0 Å². The van der Waals surface area contributed by atoms with Gasteiger partial charge in [0.1, 0.15) is 5.60 Å². The Morgan fingerprint density at radius 2 is 1.38 bits per heavy atom. The summed E-state index contributed by atoms with van der Waals surface area (Å²) >= 11 is 4.09. The van der Waals surface area contributed by atoms with E-state index in [1.807, 2.05) is 0 Å². The summed E-state index contributed by atoms with van der Waals surface area (Å²) in [4.78, 5) is 11.3. The third kappa shape index (κ3) is 16.1. The van der Waals surface area contributed by atoms with Gasteiger partial charge in [-0.1, -0.05) is 33.6 Å². The molecule has 0 rings (SSSR count). The molecule has 24 heavy (non-hydrogen) atoms. The van der Waals surface area contributed by atoms with Crippen LogP contribution in [0.2, 0.25) is 8.87 Å². The van der Waals surface area contributed by atoms with Crippen LogP contribution in [0, 0.1) is 0 Å². The zero-order valence-corrected chi connectivity index (χ0v) is 20.7. The fourth-order valence-electron chi connectivity index (χ4n) is 2.50. The molecule has 0 aliphatic heterocycles. The van der Waals surface area contributed by atoms with Crippen LogP contribution in [0.5, 0.6) is 0 Å². The molecule has 0 saturated heterocycles. The molecular weight excluding hydrogens is 423 g/mol. The molecule has 0 unspecified atom stereocenters. The van der Waals surface area contributed by atoms with Crippen LogP contribution in [0.15, 0.2) is 0 Å². The van der Waals surface area contributed by atoms with E-state index in [0.717, 1.165) is 25.7 Å². The van der Waals surface area contributed by atoms with Gasteiger partial charge in [0.25, 0.3) is 0 Å². The van der Waals surface area contributed by atoms with Crippen molar-refractivity contribution in [2.45, 2.75) is 113 Å². The average molecular weight is 465 g/mol. The molecule has 0 aliphatic carbocycles. The summed E-state index contributed by atoms with van der Waals surface area (Å²) in [5.41, 5.74) is -0.241. The summed E-state index contributed by atoms with van der Waals surface area (Å²) in [7, 11) is 0. The molecule has 0 bridgehead atoms. The van der Waals surface area contributed by atoms with Gasteiger partial charge in [-0.05, 0) is 25.7 Å². The van der Waals surface area contributed by atoms with Gasteiger partial charge in [0.15, 0.2) is 0 Å². The number of hydrogen-bond acceptors (Lipinski definition) is 3. The summed E-state index contributed by atoms with van der Waals surface area (Å²) in [5, 5.41) is 0. The fraction of sp³-hybridized carbons (Fsp3) is 0.950. The zero-order chi connectivity index (χ0) is 18.7. The SMILES string of the molecule is CCCCCC(CC)(CC)OC(=O)CS.CCC[CH2][Sn][CH2]CCC. The van der Waals surface area contributed by atoms with Crippen molar-refractivity contribution in [1.29, 1.82) is 0 Å². The molecular formula is C20H42O2SSn. The predicted octanol–water partition coefficient (Wildman–Crippen LogP) is 6.73. The molecule has 0 aliphatic rings. The molecule has 144 valence electrons. The van der Waals surface area contributed by atoms with Gasteiger partial charge in [0, 0.05) is 0 Å². The van der Waals surface area contributed by atoms with Crippen LogP contribution in [0.3, 0.4) is 0 Å². The van der Waals surface area contributed by atoms with Gasteiger partial charge in [-0.2, -0.15) is 12.6 Å². The molecule has 0 N–H and O–H groups in total. The van der Waals surface area contributed by atoms with Crippen molar-refractivity contribution in [2.75, 3.05) is 5.75 Å². The Labute approximate surface area is 167 Å². The second-order valence-electron chi connectivity index (χ2n) is 6.44. The first kappa shape index (κ1) is 26.8. The Morgan fingerprint density at radius 3 is 1.75 bits per heavy atom. The van der Waals surface area contributed by atoms with Gasteiger partial charge in [0.2, 0.25) is 0 Å². The first-order chi connectivity index (χ1) is 11.6. The summed E-state index contributed by atoms with van der Waals surface area (Å²) in [5.74, 6) is -0.0197. The van der Waals surface area contributed by atoms with Crippen molar-refractivity contribution in [2.24, 2.45) is 0 Å².